The molecule has 1 saturated heterocycles. The van der Waals surface area contributed by atoms with Crippen LogP contribution in [0.25, 0.3) is 4.91 Å². The van der Waals surface area contributed by atoms with Gasteiger partial charge < -0.3 is 10.0 Å². The minimum absolute atomic E-state index is 0.0771. The molecule has 0 aliphatic carbocycles. The molecule has 2 aliphatic rings. The van der Waals surface area contributed by atoms with Crippen molar-refractivity contribution in [2.24, 2.45) is 5.92 Å². The third-order valence-electron chi connectivity index (χ3n) is 5.21. The van der Waals surface area contributed by atoms with E-state index in [1.807, 2.05) is 12.3 Å². The molecule has 1 aromatic heterocycles. The molecule has 8 heteroatoms. The summed E-state index contributed by atoms with van der Waals surface area (Å²) < 4.78 is 13.3. The lowest BCUT2D eigenvalue weighted by Gasteiger charge is -2.39. The molecular formula is C19H19ClFN3O2S. The molecule has 2 N–H and O–H groups in total. The first-order valence-electron chi connectivity index (χ1n) is 8.77. The number of hydrogen-bond donors (Lipinski definition) is 2. The highest BCUT2D eigenvalue weighted by Gasteiger charge is 2.38. The van der Waals surface area contributed by atoms with E-state index in [4.69, 9.17) is 11.6 Å². The van der Waals surface area contributed by atoms with Crippen molar-refractivity contribution >= 4 is 34.2 Å². The molecule has 1 atom stereocenters. The average Bonchev–Trinajstić information content (AvgIpc) is 3.33. The minimum Gasteiger partial charge on any atom is -0.385 e. The number of rotatable bonds is 3. The van der Waals surface area contributed by atoms with E-state index in [1.54, 1.807) is 22.9 Å². The maximum absolute atomic E-state index is 13.3. The largest absolute Gasteiger partial charge is 0.385 e. The van der Waals surface area contributed by atoms with E-state index in [9.17, 15) is 14.3 Å². The average molecular weight is 408 g/mol. The van der Waals surface area contributed by atoms with Gasteiger partial charge in [0, 0.05) is 46.1 Å². The highest BCUT2D eigenvalue weighted by molar-refractivity contribution is 8.08. The number of carbonyl (C=O) groups is 1. The fourth-order valence-corrected chi connectivity index (χ4v) is 5.11. The molecule has 1 unspecified atom stereocenters. The monoisotopic (exact) mass is 407 g/mol. The Kier molecular flexibility index (Phi) is 5.01. The number of aromatic amines is 1. The van der Waals surface area contributed by atoms with Gasteiger partial charge in [-0.3, -0.25) is 9.89 Å². The number of aromatic nitrogens is 2. The molecule has 2 aromatic rings. The number of hydrogen-bond acceptors (Lipinski definition) is 4. The number of amides is 1. The Hall–Kier alpha value is -1.83. The molecule has 0 saturated carbocycles. The lowest BCUT2D eigenvalue weighted by atomic mass is 9.84. The maximum atomic E-state index is 13.3. The highest BCUT2D eigenvalue weighted by Crippen LogP contribution is 2.40. The van der Waals surface area contributed by atoms with Crippen molar-refractivity contribution in [2.75, 3.05) is 18.8 Å². The van der Waals surface area contributed by atoms with Crippen LogP contribution in [0.2, 0.25) is 5.02 Å². The second-order valence-electron chi connectivity index (χ2n) is 6.92. The summed E-state index contributed by atoms with van der Waals surface area (Å²) in [5, 5.41) is 17.9. The summed E-state index contributed by atoms with van der Waals surface area (Å²) in [6.45, 7) is 0.887. The molecule has 27 heavy (non-hydrogen) atoms. The topological polar surface area (TPSA) is 69.2 Å². The van der Waals surface area contributed by atoms with E-state index in [0.29, 0.717) is 37.2 Å². The van der Waals surface area contributed by atoms with Gasteiger partial charge in [0.05, 0.1) is 17.7 Å². The van der Waals surface area contributed by atoms with Crippen molar-refractivity contribution in [1.29, 1.82) is 0 Å². The van der Waals surface area contributed by atoms with Crippen LogP contribution in [-0.4, -0.2) is 45.0 Å². The number of halogens is 2. The Morgan fingerprint density at radius 1 is 1.41 bits per heavy atom. The molecule has 1 fully saturated rings. The quantitative estimate of drug-likeness (QED) is 0.818. The van der Waals surface area contributed by atoms with Gasteiger partial charge in [-0.2, -0.15) is 5.10 Å². The molecule has 1 amide bonds. The zero-order chi connectivity index (χ0) is 19.0. The van der Waals surface area contributed by atoms with Crippen LogP contribution < -0.4 is 0 Å². The van der Waals surface area contributed by atoms with Crippen LogP contribution in [0, 0.1) is 11.7 Å². The number of nitrogens with zero attached hydrogens (tertiary/aromatic N) is 2. The number of thioether (sulfide) groups is 1. The fraction of sp³-hybridized carbons (Fsp3) is 0.368. The molecular weight excluding hydrogens is 389 g/mol. The van der Waals surface area contributed by atoms with E-state index in [2.05, 4.69) is 10.2 Å². The van der Waals surface area contributed by atoms with Crippen molar-refractivity contribution in [3.8, 4) is 0 Å². The summed E-state index contributed by atoms with van der Waals surface area (Å²) in [6.07, 6.45) is 6.32. The molecule has 5 nitrogen and oxygen atoms in total. The van der Waals surface area contributed by atoms with E-state index in [0.717, 1.165) is 10.5 Å². The predicted octanol–water partition coefficient (Wildman–Crippen LogP) is 3.42. The van der Waals surface area contributed by atoms with Gasteiger partial charge >= 0.3 is 0 Å². The Balaban J connectivity index is 1.42. The highest BCUT2D eigenvalue weighted by atomic mass is 35.5. The molecule has 1 aromatic carbocycles. The van der Waals surface area contributed by atoms with Gasteiger partial charge in [0.15, 0.2) is 0 Å². The number of likely N-dealkylation sites (tertiary alicyclic amines) is 1. The van der Waals surface area contributed by atoms with E-state index < -0.39 is 11.4 Å². The Labute approximate surface area is 165 Å². The van der Waals surface area contributed by atoms with Crippen molar-refractivity contribution in [2.45, 2.75) is 18.4 Å². The number of H-pyrrole nitrogens is 1. The third kappa shape index (κ3) is 3.63. The summed E-state index contributed by atoms with van der Waals surface area (Å²) in [4.78, 5) is 15.7. The van der Waals surface area contributed by atoms with Gasteiger partial charge in [-0.05, 0) is 25.0 Å². The zero-order valence-electron chi connectivity index (χ0n) is 14.5. The summed E-state index contributed by atoms with van der Waals surface area (Å²) in [7, 11) is 0. The normalized spacial score (nSPS) is 22.0. The number of benzene rings is 1. The summed E-state index contributed by atoms with van der Waals surface area (Å²) >= 11 is 7.77. The summed E-state index contributed by atoms with van der Waals surface area (Å²) in [5.74, 6) is 0.192. The molecule has 0 bridgehead atoms. The number of nitrogens with one attached hydrogen (secondary N) is 1. The molecule has 3 heterocycles. The van der Waals surface area contributed by atoms with E-state index >= 15 is 0 Å². The minimum atomic E-state index is -1.14. The number of piperidine rings is 1. The van der Waals surface area contributed by atoms with Gasteiger partial charge in [0.1, 0.15) is 5.82 Å². The third-order valence-corrected chi connectivity index (χ3v) is 6.73. The van der Waals surface area contributed by atoms with Gasteiger partial charge in [-0.1, -0.05) is 23.7 Å². The van der Waals surface area contributed by atoms with Crippen LogP contribution in [0.15, 0.2) is 36.7 Å². The Bertz CT molecular complexity index is 879. The molecule has 142 valence electrons. The van der Waals surface area contributed by atoms with E-state index in [-0.39, 0.29) is 16.8 Å². The molecule has 4 rings (SSSR count). The molecule has 0 spiro atoms. The second kappa shape index (κ2) is 7.30. The lowest BCUT2D eigenvalue weighted by Crippen LogP contribution is -2.47. The standard InChI is InChI=1S/C19H19ClFN3O2S/c20-16-8-14(21)1-2-15(16)19(26)3-5-24(6-4-19)18(25)12-7-17(27-11-12)13-9-22-23-10-13/h1-2,7-10,12,26H,3-6,11H2,(H,22,23). The van der Waals surface area contributed by atoms with Crippen LogP contribution >= 0.6 is 23.4 Å². The first-order valence-corrected chi connectivity index (χ1v) is 10.1. The SMILES string of the molecule is O=C(C1C=C(c2cn[nH]c2)SC1)N1CCC(O)(c2ccc(F)cc2Cl)CC1. The van der Waals surface area contributed by atoms with Crippen LogP contribution in [0.1, 0.15) is 24.0 Å². The summed E-state index contributed by atoms with van der Waals surface area (Å²) in [6, 6.07) is 4.04. The lowest BCUT2D eigenvalue weighted by molar-refractivity contribution is -0.137. The van der Waals surface area contributed by atoms with Crippen molar-refractivity contribution in [3.05, 3.63) is 58.6 Å². The van der Waals surface area contributed by atoms with Crippen molar-refractivity contribution in [1.82, 2.24) is 15.1 Å². The van der Waals surface area contributed by atoms with Crippen LogP contribution in [0.4, 0.5) is 4.39 Å². The van der Waals surface area contributed by atoms with Gasteiger partial charge in [-0.15, -0.1) is 11.8 Å². The van der Waals surface area contributed by atoms with Gasteiger partial charge in [0.25, 0.3) is 0 Å². The predicted molar refractivity (Wildman–Crippen MR) is 104 cm³/mol. The van der Waals surface area contributed by atoms with Crippen molar-refractivity contribution in [3.63, 3.8) is 0 Å². The smallest absolute Gasteiger partial charge is 0.230 e. The molecule has 2 aliphatic heterocycles. The summed E-state index contributed by atoms with van der Waals surface area (Å²) in [5.41, 5.74) is 0.384. The number of aliphatic hydroxyl groups is 1. The van der Waals surface area contributed by atoms with Gasteiger partial charge in [-0.25, -0.2) is 4.39 Å². The zero-order valence-corrected chi connectivity index (χ0v) is 16.1. The Morgan fingerprint density at radius 2 is 2.19 bits per heavy atom. The fourth-order valence-electron chi connectivity index (χ4n) is 3.63. The second-order valence-corrected chi connectivity index (χ2v) is 8.39. The van der Waals surface area contributed by atoms with Crippen LogP contribution in [0.5, 0.6) is 0 Å². The number of carbonyl (C=O) groups excluding carboxylic acids is 1. The van der Waals surface area contributed by atoms with Crippen LogP contribution in [-0.2, 0) is 10.4 Å². The van der Waals surface area contributed by atoms with Crippen LogP contribution in [0.3, 0.4) is 0 Å². The molecule has 0 radical (unpaired) electrons. The van der Waals surface area contributed by atoms with Crippen molar-refractivity contribution < 1.29 is 14.3 Å². The first-order chi connectivity index (χ1) is 13.0. The Morgan fingerprint density at radius 3 is 2.85 bits per heavy atom. The van der Waals surface area contributed by atoms with E-state index in [1.165, 1.54) is 18.2 Å². The van der Waals surface area contributed by atoms with Gasteiger partial charge in [0.2, 0.25) is 5.91 Å². The first kappa shape index (κ1) is 18.5. The maximum Gasteiger partial charge on any atom is 0.230 e.